The van der Waals surface area contributed by atoms with Gasteiger partial charge in [0.15, 0.2) is 0 Å². The molecule has 2 amide bonds. The number of amides is 2. The molecule has 0 atom stereocenters. The van der Waals surface area contributed by atoms with Crippen LogP contribution in [0.5, 0.6) is 0 Å². The Bertz CT molecular complexity index is 711. The molecule has 2 aromatic rings. The molecule has 0 fully saturated rings. The number of aryl methyl sites for hydroxylation is 1. The number of nitrogens with zero attached hydrogens (tertiary/aromatic N) is 3. The van der Waals surface area contributed by atoms with Crippen molar-refractivity contribution in [2.24, 2.45) is 0 Å². The molecule has 5 heteroatoms. The van der Waals surface area contributed by atoms with Gasteiger partial charge in [0.25, 0.3) is 0 Å². The highest BCUT2D eigenvalue weighted by atomic mass is 16.2. The number of anilines is 2. The van der Waals surface area contributed by atoms with Crippen molar-refractivity contribution in [3.8, 4) is 0 Å². The van der Waals surface area contributed by atoms with E-state index in [1.807, 2.05) is 37.4 Å². The third kappa shape index (κ3) is 3.44. The van der Waals surface area contributed by atoms with Crippen molar-refractivity contribution < 1.29 is 4.79 Å². The van der Waals surface area contributed by atoms with Crippen LogP contribution in [0.15, 0.2) is 36.5 Å². The molecule has 23 heavy (non-hydrogen) atoms. The minimum absolute atomic E-state index is 0.132. The van der Waals surface area contributed by atoms with E-state index in [1.165, 1.54) is 11.3 Å². The molecule has 1 aliphatic heterocycles. The number of nitrogens with one attached hydrogen (secondary N) is 1. The lowest BCUT2D eigenvalue weighted by Crippen LogP contribution is -2.31. The number of hydrogen-bond donors (Lipinski definition) is 1. The maximum atomic E-state index is 12.3. The van der Waals surface area contributed by atoms with Crippen molar-refractivity contribution in [2.75, 3.05) is 30.9 Å². The van der Waals surface area contributed by atoms with Gasteiger partial charge in [-0.3, -0.25) is 4.98 Å². The van der Waals surface area contributed by atoms with E-state index in [-0.39, 0.29) is 6.03 Å². The van der Waals surface area contributed by atoms with Crippen LogP contribution in [-0.4, -0.2) is 36.6 Å². The fourth-order valence-corrected chi connectivity index (χ4v) is 2.74. The molecule has 0 saturated heterocycles. The van der Waals surface area contributed by atoms with E-state index in [0.29, 0.717) is 6.54 Å². The first kappa shape index (κ1) is 15.3. The van der Waals surface area contributed by atoms with Gasteiger partial charge < -0.3 is 15.1 Å². The lowest BCUT2D eigenvalue weighted by molar-refractivity contribution is 0.220. The minimum Gasteiger partial charge on any atom is -0.374 e. The number of carbonyl (C=O) groups excluding carboxylic acids is 1. The summed E-state index contributed by atoms with van der Waals surface area (Å²) in [5.41, 5.74) is 5.35. The van der Waals surface area contributed by atoms with E-state index < -0.39 is 0 Å². The number of fused-ring (bicyclic) bond motifs is 1. The third-order valence-corrected chi connectivity index (χ3v) is 4.18. The molecule has 0 radical (unpaired) electrons. The van der Waals surface area contributed by atoms with Gasteiger partial charge in [-0.15, -0.1) is 0 Å². The standard InChI is InChI=1S/C18H22N4O/c1-13-4-6-16(19-11-13)12-22(3)18(23)20-15-7-5-14-8-9-21(2)17(14)10-15/h4-7,10-11H,8-9,12H2,1-3H3,(H,20,23). The van der Waals surface area contributed by atoms with Gasteiger partial charge in [0.1, 0.15) is 0 Å². The first-order valence-electron chi connectivity index (χ1n) is 7.80. The Balaban J connectivity index is 1.64. The Morgan fingerprint density at radius 1 is 1.35 bits per heavy atom. The number of rotatable bonds is 3. The molecule has 0 unspecified atom stereocenters. The monoisotopic (exact) mass is 310 g/mol. The molecular weight excluding hydrogens is 288 g/mol. The van der Waals surface area contributed by atoms with Gasteiger partial charge in [0.05, 0.1) is 12.2 Å². The number of aromatic nitrogens is 1. The fourth-order valence-electron chi connectivity index (χ4n) is 2.74. The van der Waals surface area contributed by atoms with Crippen LogP contribution in [0.4, 0.5) is 16.2 Å². The van der Waals surface area contributed by atoms with Crippen molar-refractivity contribution >= 4 is 17.4 Å². The van der Waals surface area contributed by atoms with Crippen LogP contribution in [0.25, 0.3) is 0 Å². The average Bonchev–Trinajstić information content (AvgIpc) is 2.90. The molecular formula is C18H22N4O. The second-order valence-corrected chi connectivity index (χ2v) is 6.13. The Labute approximate surface area is 136 Å². The molecule has 1 aliphatic rings. The number of hydrogen-bond acceptors (Lipinski definition) is 3. The van der Waals surface area contributed by atoms with E-state index >= 15 is 0 Å². The second-order valence-electron chi connectivity index (χ2n) is 6.13. The summed E-state index contributed by atoms with van der Waals surface area (Å²) >= 11 is 0. The van der Waals surface area contributed by atoms with Crippen LogP contribution >= 0.6 is 0 Å². The summed E-state index contributed by atoms with van der Waals surface area (Å²) in [6.07, 6.45) is 2.89. The van der Waals surface area contributed by atoms with Gasteiger partial charge in [-0.2, -0.15) is 0 Å². The molecule has 3 rings (SSSR count). The average molecular weight is 310 g/mol. The normalized spacial score (nSPS) is 12.9. The van der Waals surface area contributed by atoms with Crippen LogP contribution in [0.1, 0.15) is 16.8 Å². The van der Waals surface area contributed by atoms with E-state index in [2.05, 4.69) is 28.3 Å². The number of carbonyl (C=O) groups is 1. The molecule has 0 aliphatic carbocycles. The van der Waals surface area contributed by atoms with E-state index in [1.54, 1.807) is 11.9 Å². The summed E-state index contributed by atoms with van der Waals surface area (Å²) in [4.78, 5) is 20.5. The molecule has 0 spiro atoms. The Morgan fingerprint density at radius 2 is 2.17 bits per heavy atom. The molecule has 1 aromatic carbocycles. The molecule has 5 nitrogen and oxygen atoms in total. The molecule has 1 aromatic heterocycles. The SMILES string of the molecule is Cc1ccc(CN(C)C(=O)Nc2ccc3c(c2)N(C)CC3)nc1. The van der Waals surface area contributed by atoms with Crippen molar-refractivity contribution in [3.05, 3.63) is 53.3 Å². The van der Waals surface area contributed by atoms with Gasteiger partial charge in [-0.1, -0.05) is 12.1 Å². The summed E-state index contributed by atoms with van der Waals surface area (Å²) in [5, 5.41) is 2.96. The topological polar surface area (TPSA) is 48.5 Å². The third-order valence-electron chi connectivity index (χ3n) is 4.18. The van der Waals surface area contributed by atoms with Crippen LogP contribution < -0.4 is 10.2 Å². The van der Waals surface area contributed by atoms with Crippen molar-refractivity contribution in [1.82, 2.24) is 9.88 Å². The van der Waals surface area contributed by atoms with Gasteiger partial charge in [0.2, 0.25) is 0 Å². The second kappa shape index (κ2) is 6.28. The fraction of sp³-hybridized carbons (Fsp3) is 0.333. The summed E-state index contributed by atoms with van der Waals surface area (Å²) in [6.45, 7) is 3.51. The Morgan fingerprint density at radius 3 is 2.91 bits per heavy atom. The maximum Gasteiger partial charge on any atom is 0.321 e. The smallest absolute Gasteiger partial charge is 0.321 e. The Kier molecular flexibility index (Phi) is 4.19. The molecule has 2 heterocycles. The summed E-state index contributed by atoms with van der Waals surface area (Å²) in [7, 11) is 3.85. The van der Waals surface area contributed by atoms with Gasteiger partial charge in [-0.05, 0) is 42.7 Å². The van der Waals surface area contributed by atoms with Crippen LogP contribution in [-0.2, 0) is 13.0 Å². The number of urea groups is 1. The zero-order valence-corrected chi connectivity index (χ0v) is 13.8. The van der Waals surface area contributed by atoms with E-state index in [0.717, 1.165) is 29.9 Å². The van der Waals surface area contributed by atoms with Crippen molar-refractivity contribution in [3.63, 3.8) is 0 Å². The van der Waals surface area contributed by atoms with Crippen molar-refractivity contribution in [1.29, 1.82) is 0 Å². The van der Waals surface area contributed by atoms with Crippen LogP contribution in [0.3, 0.4) is 0 Å². The highest BCUT2D eigenvalue weighted by molar-refractivity contribution is 5.90. The summed E-state index contributed by atoms with van der Waals surface area (Å²) < 4.78 is 0. The van der Waals surface area contributed by atoms with Gasteiger partial charge in [0, 0.05) is 38.2 Å². The lowest BCUT2D eigenvalue weighted by atomic mass is 10.1. The number of pyridine rings is 1. The molecule has 0 bridgehead atoms. The summed E-state index contributed by atoms with van der Waals surface area (Å²) in [5.74, 6) is 0. The van der Waals surface area contributed by atoms with Crippen LogP contribution in [0.2, 0.25) is 0 Å². The first-order chi connectivity index (χ1) is 11.0. The maximum absolute atomic E-state index is 12.3. The predicted molar refractivity (Wildman–Crippen MR) is 92.9 cm³/mol. The minimum atomic E-state index is -0.132. The quantitative estimate of drug-likeness (QED) is 0.948. The zero-order valence-electron chi connectivity index (χ0n) is 13.8. The zero-order chi connectivity index (χ0) is 16.4. The predicted octanol–water partition coefficient (Wildman–Crippen LogP) is 3.05. The highest BCUT2D eigenvalue weighted by Gasteiger charge is 2.17. The van der Waals surface area contributed by atoms with Crippen molar-refractivity contribution in [2.45, 2.75) is 19.9 Å². The molecule has 120 valence electrons. The van der Waals surface area contributed by atoms with Gasteiger partial charge in [-0.25, -0.2) is 4.79 Å². The summed E-state index contributed by atoms with van der Waals surface area (Å²) in [6, 6.07) is 9.92. The largest absolute Gasteiger partial charge is 0.374 e. The molecule has 1 N–H and O–H groups in total. The molecule has 0 saturated carbocycles. The number of likely N-dealkylation sites (N-methyl/N-ethyl adjacent to an activating group) is 1. The lowest BCUT2D eigenvalue weighted by Gasteiger charge is -2.19. The van der Waals surface area contributed by atoms with Crippen LogP contribution in [0, 0.1) is 6.92 Å². The number of benzene rings is 1. The van der Waals surface area contributed by atoms with Gasteiger partial charge >= 0.3 is 6.03 Å². The van der Waals surface area contributed by atoms with E-state index in [9.17, 15) is 4.79 Å². The first-order valence-corrected chi connectivity index (χ1v) is 7.80. The highest BCUT2D eigenvalue weighted by Crippen LogP contribution is 2.29. The van der Waals surface area contributed by atoms with E-state index in [4.69, 9.17) is 0 Å². The Hall–Kier alpha value is -2.56.